The lowest BCUT2D eigenvalue weighted by Crippen LogP contribution is -2.43. The van der Waals surface area contributed by atoms with Gasteiger partial charge in [-0.2, -0.15) is 4.98 Å². The summed E-state index contributed by atoms with van der Waals surface area (Å²) in [4.78, 5) is 38.5. The Morgan fingerprint density at radius 2 is 1.85 bits per heavy atom. The van der Waals surface area contributed by atoms with Crippen LogP contribution < -0.4 is 20.9 Å². The number of fused-ring (bicyclic) bond motifs is 1. The summed E-state index contributed by atoms with van der Waals surface area (Å²) in [7, 11) is 0. The summed E-state index contributed by atoms with van der Waals surface area (Å²) >= 11 is 0. The maximum absolute atomic E-state index is 15.0. The van der Waals surface area contributed by atoms with Crippen molar-refractivity contribution in [3.63, 3.8) is 0 Å². The Kier molecular flexibility index (Phi) is 8.41. The van der Waals surface area contributed by atoms with Crippen LogP contribution in [0.1, 0.15) is 35.3 Å². The molecule has 5 rings (SSSR count). The first-order chi connectivity index (χ1) is 19.7. The van der Waals surface area contributed by atoms with Crippen molar-refractivity contribution in [1.82, 2.24) is 25.5 Å². The first-order valence-electron chi connectivity index (χ1n) is 13.6. The van der Waals surface area contributed by atoms with E-state index in [4.69, 9.17) is 9.72 Å². The van der Waals surface area contributed by atoms with Crippen molar-refractivity contribution in [3.8, 4) is 11.3 Å². The average Bonchev–Trinajstić information content (AvgIpc) is 2.94. The van der Waals surface area contributed by atoms with E-state index in [0.717, 1.165) is 35.7 Å². The van der Waals surface area contributed by atoms with Crippen molar-refractivity contribution in [2.45, 2.75) is 33.4 Å². The van der Waals surface area contributed by atoms with Crippen LogP contribution in [0.4, 0.5) is 31.0 Å². The van der Waals surface area contributed by atoms with Crippen LogP contribution in [0.5, 0.6) is 0 Å². The number of hydrogen-bond donors (Lipinski definition) is 3. The van der Waals surface area contributed by atoms with Gasteiger partial charge in [0.05, 0.1) is 25.5 Å². The standard InChI is InChI=1S/C29H33F2N7O3/c1-17(2)34-27(39)19-8-7-18(3)20(15-19)24-21-16-33-29(40)38(25-22(30)5-4-6-23(25)31)26(21)36-28(35-24)32-9-10-37-11-13-41-14-12-37/h4-8,15,17H,9-14,16H2,1-3H3,(H,33,40)(H,34,39)(H,32,35,36). The number of carbonyl (C=O) groups excluding carboxylic acids is 2. The minimum Gasteiger partial charge on any atom is -0.379 e. The van der Waals surface area contributed by atoms with Crippen LogP contribution in [0, 0.1) is 18.6 Å². The smallest absolute Gasteiger partial charge is 0.328 e. The third-order valence-electron chi connectivity index (χ3n) is 6.97. The van der Waals surface area contributed by atoms with Crippen LogP contribution in [-0.2, 0) is 11.3 Å². The van der Waals surface area contributed by atoms with Gasteiger partial charge in [-0.3, -0.25) is 9.69 Å². The van der Waals surface area contributed by atoms with Crippen molar-refractivity contribution < 1.29 is 23.1 Å². The second-order valence-corrected chi connectivity index (χ2v) is 10.3. The number of rotatable bonds is 8. The van der Waals surface area contributed by atoms with Crippen molar-refractivity contribution >= 4 is 29.4 Å². The molecular formula is C29H33F2N7O3. The van der Waals surface area contributed by atoms with E-state index >= 15 is 0 Å². The van der Waals surface area contributed by atoms with E-state index in [0.29, 0.717) is 48.7 Å². The highest BCUT2D eigenvalue weighted by Gasteiger charge is 2.34. The number of nitrogens with one attached hydrogen (secondary N) is 3. The molecule has 1 fully saturated rings. The monoisotopic (exact) mass is 565 g/mol. The third-order valence-corrected chi connectivity index (χ3v) is 6.97. The number of morpholine rings is 1. The number of anilines is 3. The van der Waals surface area contributed by atoms with E-state index in [-0.39, 0.29) is 30.3 Å². The number of urea groups is 1. The molecule has 0 saturated carbocycles. The molecule has 41 heavy (non-hydrogen) atoms. The van der Waals surface area contributed by atoms with Crippen LogP contribution in [-0.4, -0.2) is 72.2 Å². The molecule has 0 spiro atoms. The largest absolute Gasteiger partial charge is 0.379 e. The number of amides is 3. The second kappa shape index (κ2) is 12.1. The lowest BCUT2D eigenvalue weighted by molar-refractivity contribution is 0.0398. The van der Waals surface area contributed by atoms with Gasteiger partial charge in [0.15, 0.2) is 5.82 Å². The molecule has 0 unspecified atom stereocenters. The molecule has 3 amide bonds. The van der Waals surface area contributed by atoms with Crippen molar-refractivity contribution in [3.05, 3.63) is 64.7 Å². The number of nitrogens with zero attached hydrogens (tertiary/aromatic N) is 4. The first-order valence-corrected chi connectivity index (χ1v) is 13.6. The Bertz CT molecular complexity index is 1440. The van der Waals surface area contributed by atoms with Gasteiger partial charge in [0.2, 0.25) is 5.95 Å². The van der Waals surface area contributed by atoms with Gasteiger partial charge in [0.25, 0.3) is 5.91 Å². The molecule has 0 bridgehead atoms. The molecule has 0 radical (unpaired) electrons. The molecule has 2 aliphatic heterocycles. The summed E-state index contributed by atoms with van der Waals surface area (Å²) in [6.07, 6.45) is 0. The van der Waals surface area contributed by atoms with Gasteiger partial charge in [0, 0.05) is 48.9 Å². The van der Waals surface area contributed by atoms with Gasteiger partial charge in [-0.05, 0) is 50.6 Å². The minimum atomic E-state index is -0.904. The number of ether oxygens (including phenoxy) is 1. The molecule has 3 N–H and O–H groups in total. The van der Waals surface area contributed by atoms with Gasteiger partial charge in [-0.25, -0.2) is 23.5 Å². The fraction of sp³-hybridized carbons (Fsp3) is 0.379. The van der Waals surface area contributed by atoms with E-state index in [1.54, 1.807) is 12.1 Å². The zero-order valence-corrected chi connectivity index (χ0v) is 23.3. The molecule has 2 aliphatic rings. The van der Waals surface area contributed by atoms with Crippen LogP contribution >= 0.6 is 0 Å². The van der Waals surface area contributed by atoms with Crippen molar-refractivity contribution in [1.29, 1.82) is 0 Å². The highest BCUT2D eigenvalue weighted by atomic mass is 19.1. The van der Waals surface area contributed by atoms with E-state index in [2.05, 4.69) is 25.8 Å². The highest BCUT2D eigenvalue weighted by Crippen LogP contribution is 2.39. The maximum atomic E-state index is 15.0. The summed E-state index contributed by atoms with van der Waals surface area (Å²) in [5, 5.41) is 8.81. The molecule has 0 atom stereocenters. The number of benzene rings is 2. The first kappa shape index (κ1) is 28.4. The number of halogens is 2. The normalized spacial score (nSPS) is 15.5. The summed E-state index contributed by atoms with van der Waals surface area (Å²) < 4.78 is 35.3. The number of para-hydroxylation sites is 1. The highest BCUT2D eigenvalue weighted by molar-refractivity contribution is 6.02. The molecule has 0 aliphatic carbocycles. The fourth-order valence-corrected chi connectivity index (χ4v) is 4.89. The molecule has 12 heteroatoms. The average molecular weight is 566 g/mol. The predicted molar refractivity (Wildman–Crippen MR) is 151 cm³/mol. The third kappa shape index (κ3) is 6.13. The quantitative estimate of drug-likeness (QED) is 0.379. The Hall–Kier alpha value is -4.16. The number of aromatic nitrogens is 2. The summed E-state index contributed by atoms with van der Waals surface area (Å²) in [6, 6.07) is 7.92. The number of aryl methyl sites for hydroxylation is 1. The number of carbonyl (C=O) groups is 2. The lowest BCUT2D eigenvalue weighted by atomic mass is 9.97. The Balaban J connectivity index is 1.61. The predicted octanol–water partition coefficient (Wildman–Crippen LogP) is 3.97. The Labute approximate surface area is 237 Å². The van der Waals surface area contributed by atoms with E-state index in [1.165, 1.54) is 6.07 Å². The van der Waals surface area contributed by atoms with E-state index in [1.807, 2.05) is 26.8 Å². The Morgan fingerprint density at radius 3 is 2.56 bits per heavy atom. The number of hydrogen-bond acceptors (Lipinski definition) is 7. The summed E-state index contributed by atoms with van der Waals surface area (Å²) in [6.45, 7) is 9.82. The van der Waals surface area contributed by atoms with Crippen LogP contribution in [0.25, 0.3) is 11.3 Å². The Morgan fingerprint density at radius 1 is 1.12 bits per heavy atom. The molecule has 1 aromatic heterocycles. The van der Waals surface area contributed by atoms with Crippen LogP contribution in [0.2, 0.25) is 0 Å². The molecule has 2 aromatic carbocycles. The van der Waals surface area contributed by atoms with Gasteiger partial charge >= 0.3 is 6.03 Å². The second-order valence-electron chi connectivity index (χ2n) is 10.3. The van der Waals surface area contributed by atoms with Crippen molar-refractivity contribution in [2.75, 3.05) is 49.6 Å². The van der Waals surface area contributed by atoms with E-state index < -0.39 is 23.4 Å². The SMILES string of the molecule is Cc1ccc(C(=O)NC(C)C)cc1-c1nc(NCCN2CCOCC2)nc2c1CNC(=O)N2c1c(F)cccc1F. The van der Waals surface area contributed by atoms with Gasteiger partial charge in [0.1, 0.15) is 17.3 Å². The van der Waals surface area contributed by atoms with Crippen LogP contribution in [0.15, 0.2) is 36.4 Å². The maximum Gasteiger partial charge on any atom is 0.328 e. The zero-order valence-electron chi connectivity index (χ0n) is 23.3. The van der Waals surface area contributed by atoms with Crippen LogP contribution in [0.3, 0.4) is 0 Å². The van der Waals surface area contributed by atoms with E-state index in [9.17, 15) is 18.4 Å². The lowest BCUT2D eigenvalue weighted by Gasteiger charge is -2.31. The zero-order chi connectivity index (χ0) is 29.1. The molecule has 216 valence electrons. The summed E-state index contributed by atoms with van der Waals surface area (Å²) in [5.41, 5.74) is 2.29. The summed E-state index contributed by atoms with van der Waals surface area (Å²) in [5.74, 6) is -1.79. The topological polar surface area (TPSA) is 112 Å². The molecule has 3 aromatic rings. The fourth-order valence-electron chi connectivity index (χ4n) is 4.89. The van der Waals surface area contributed by atoms with Gasteiger partial charge in [-0.15, -0.1) is 0 Å². The van der Waals surface area contributed by atoms with Gasteiger partial charge < -0.3 is 20.7 Å². The molecule has 10 nitrogen and oxygen atoms in total. The van der Waals surface area contributed by atoms with Crippen molar-refractivity contribution in [2.24, 2.45) is 0 Å². The molecular weight excluding hydrogens is 532 g/mol. The molecule has 1 saturated heterocycles. The minimum absolute atomic E-state index is 0.0337. The molecule has 3 heterocycles. The van der Waals surface area contributed by atoms with Gasteiger partial charge in [-0.1, -0.05) is 12.1 Å².